The monoisotopic (exact) mass is 443 g/mol. The Bertz CT molecular complexity index is 1080. The molecule has 166 valence electrons. The smallest absolute Gasteiger partial charge is 0.218 e. The van der Waals surface area contributed by atoms with Gasteiger partial charge in [0.25, 0.3) is 0 Å². The summed E-state index contributed by atoms with van der Waals surface area (Å²) in [4.78, 5) is 19.9. The van der Waals surface area contributed by atoms with Crippen LogP contribution in [-0.2, 0) is 26.9 Å². The predicted octanol–water partition coefficient (Wildman–Crippen LogP) is 3.26. The molecule has 4 rings (SSSR count). The van der Waals surface area contributed by atoms with Crippen molar-refractivity contribution in [1.29, 1.82) is 0 Å². The van der Waals surface area contributed by atoms with Crippen molar-refractivity contribution < 1.29 is 17.9 Å². The summed E-state index contributed by atoms with van der Waals surface area (Å²) in [6.45, 7) is 3.53. The van der Waals surface area contributed by atoms with Gasteiger partial charge in [-0.05, 0) is 54.9 Å². The molecular weight excluding hydrogens is 414 g/mol. The number of H-pyrrole nitrogens is 1. The van der Waals surface area contributed by atoms with Crippen LogP contribution in [-0.4, -0.2) is 54.8 Å². The fourth-order valence-corrected chi connectivity index (χ4v) is 5.68. The molecule has 1 N–H and O–H groups in total. The second-order valence-corrected chi connectivity index (χ2v) is 10.2. The Morgan fingerprint density at radius 1 is 1.23 bits per heavy atom. The van der Waals surface area contributed by atoms with Crippen LogP contribution in [0.4, 0.5) is 0 Å². The number of benzene rings is 1. The lowest BCUT2D eigenvalue weighted by Gasteiger charge is -2.26. The van der Waals surface area contributed by atoms with Gasteiger partial charge in [0.2, 0.25) is 15.8 Å². The third-order valence-electron chi connectivity index (χ3n) is 5.84. The Morgan fingerprint density at radius 3 is 2.71 bits per heavy atom. The Hall–Kier alpha value is -2.29. The van der Waals surface area contributed by atoms with Crippen LogP contribution in [0, 0.1) is 6.92 Å². The molecule has 0 atom stereocenters. The number of aromatic amines is 1. The highest BCUT2D eigenvalue weighted by Crippen LogP contribution is 2.31. The Morgan fingerprint density at radius 2 is 2.03 bits per heavy atom. The van der Waals surface area contributed by atoms with Crippen molar-refractivity contribution in [2.45, 2.75) is 44.8 Å². The molecule has 0 radical (unpaired) electrons. The summed E-state index contributed by atoms with van der Waals surface area (Å²) in [5.41, 5.74) is 4.71. The number of aryl methyl sites for hydroxylation is 1. The van der Waals surface area contributed by atoms with E-state index in [1.165, 1.54) is 9.88 Å². The minimum absolute atomic E-state index is 0.0428. The van der Waals surface area contributed by atoms with E-state index in [0.29, 0.717) is 32.1 Å². The zero-order chi connectivity index (χ0) is 21.8. The molecule has 1 aromatic heterocycles. The van der Waals surface area contributed by atoms with E-state index in [-0.39, 0.29) is 18.0 Å². The number of aromatic nitrogens is 2. The first kappa shape index (κ1) is 21.9. The standard InChI is InChI=1S/C23H29N3O4S/c1-17-15-24-23(25-17)22(27)14-20-8-7-18(13-21(20)19-5-3-2-4-6-19)16-31(28,29)26-9-11-30-12-10-26/h5,7-8,13,15H,2-4,6,9-12,14,16H2,1H3,(H,24,25). The van der Waals surface area contributed by atoms with Crippen molar-refractivity contribution in [1.82, 2.24) is 14.3 Å². The molecule has 0 saturated carbocycles. The molecule has 31 heavy (non-hydrogen) atoms. The second kappa shape index (κ2) is 9.46. The molecule has 1 aliphatic carbocycles. The second-order valence-electron chi connectivity index (χ2n) is 8.25. The van der Waals surface area contributed by atoms with Gasteiger partial charge in [-0.1, -0.05) is 24.3 Å². The maximum absolute atomic E-state index is 12.9. The quantitative estimate of drug-likeness (QED) is 0.663. The van der Waals surface area contributed by atoms with Gasteiger partial charge in [0, 0.05) is 31.4 Å². The number of rotatable bonds is 7. The molecule has 8 heteroatoms. The summed E-state index contributed by atoms with van der Waals surface area (Å²) in [5, 5.41) is 0. The van der Waals surface area contributed by atoms with Gasteiger partial charge in [-0.3, -0.25) is 4.79 Å². The van der Waals surface area contributed by atoms with Crippen LogP contribution in [0.15, 0.2) is 30.5 Å². The molecule has 2 heterocycles. The molecule has 7 nitrogen and oxygen atoms in total. The first-order valence-corrected chi connectivity index (χ1v) is 12.4. The molecule has 0 unspecified atom stereocenters. The summed E-state index contributed by atoms with van der Waals surface area (Å²) < 4.78 is 32.6. The van der Waals surface area contributed by atoms with Gasteiger partial charge < -0.3 is 9.72 Å². The van der Waals surface area contributed by atoms with Crippen LogP contribution in [0.5, 0.6) is 0 Å². The number of carbonyl (C=O) groups excluding carboxylic acids is 1. The minimum Gasteiger partial charge on any atom is -0.379 e. The third kappa shape index (κ3) is 5.31. The largest absolute Gasteiger partial charge is 0.379 e. The summed E-state index contributed by atoms with van der Waals surface area (Å²) in [5.74, 6) is 0.248. The summed E-state index contributed by atoms with van der Waals surface area (Å²) in [7, 11) is -3.41. The van der Waals surface area contributed by atoms with Gasteiger partial charge in [-0.25, -0.2) is 13.4 Å². The number of hydrogen-bond donors (Lipinski definition) is 1. The van der Waals surface area contributed by atoms with Crippen molar-refractivity contribution in [2.75, 3.05) is 26.3 Å². The lowest BCUT2D eigenvalue weighted by Crippen LogP contribution is -2.41. The molecule has 0 spiro atoms. The van der Waals surface area contributed by atoms with E-state index < -0.39 is 10.0 Å². The van der Waals surface area contributed by atoms with E-state index in [9.17, 15) is 13.2 Å². The van der Waals surface area contributed by atoms with Crippen molar-refractivity contribution in [2.24, 2.45) is 0 Å². The zero-order valence-corrected chi connectivity index (χ0v) is 18.7. The van der Waals surface area contributed by atoms with E-state index in [2.05, 4.69) is 16.0 Å². The van der Waals surface area contributed by atoms with Gasteiger partial charge in [0.1, 0.15) is 0 Å². The average Bonchev–Trinajstić information content (AvgIpc) is 3.22. The van der Waals surface area contributed by atoms with E-state index in [1.807, 2.05) is 25.1 Å². The molecule has 1 aromatic carbocycles. The van der Waals surface area contributed by atoms with E-state index >= 15 is 0 Å². The molecule has 0 bridgehead atoms. The summed E-state index contributed by atoms with van der Waals surface area (Å²) >= 11 is 0. The highest BCUT2D eigenvalue weighted by atomic mass is 32.2. The molecular formula is C23H29N3O4S. The lowest BCUT2D eigenvalue weighted by atomic mass is 9.88. The molecule has 1 aliphatic heterocycles. The molecule has 0 amide bonds. The number of carbonyl (C=O) groups is 1. The van der Waals surface area contributed by atoms with Crippen molar-refractivity contribution in [3.05, 3.63) is 58.7 Å². The van der Waals surface area contributed by atoms with Gasteiger partial charge in [0.05, 0.1) is 19.0 Å². The Balaban J connectivity index is 1.61. The van der Waals surface area contributed by atoms with Crippen LogP contribution >= 0.6 is 0 Å². The van der Waals surface area contributed by atoms with Gasteiger partial charge in [-0.15, -0.1) is 0 Å². The number of sulfonamides is 1. The van der Waals surface area contributed by atoms with E-state index in [4.69, 9.17) is 4.74 Å². The maximum atomic E-state index is 12.9. The topological polar surface area (TPSA) is 92.4 Å². The number of ketones is 1. The molecule has 2 aliphatic rings. The molecule has 1 fully saturated rings. The van der Waals surface area contributed by atoms with Gasteiger partial charge in [0.15, 0.2) is 5.82 Å². The summed E-state index contributed by atoms with van der Waals surface area (Å²) in [6.07, 6.45) is 8.33. The van der Waals surface area contributed by atoms with Crippen LogP contribution in [0.2, 0.25) is 0 Å². The van der Waals surface area contributed by atoms with Crippen LogP contribution in [0.1, 0.15) is 58.7 Å². The zero-order valence-electron chi connectivity index (χ0n) is 17.9. The first-order chi connectivity index (χ1) is 14.9. The highest BCUT2D eigenvalue weighted by molar-refractivity contribution is 7.88. The van der Waals surface area contributed by atoms with Gasteiger partial charge in [-0.2, -0.15) is 4.31 Å². The number of morpholine rings is 1. The highest BCUT2D eigenvalue weighted by Gasteiger charge is 2.25. The normalized spacial score (nSPS) is 18.0. The number of nitrogens with one attached hydrogen (secondary N) is 1. The van der Waals surface area contributed by atoms with Crippen molar-refractivity contribution in [3.63, 3.8) is 0 Å². The van der Waals surface area contributed by atoms with Crippen LogP contribution in [0.3, 0.4) is 0 Å². The predicted molar refractivity (Wildman–Crippen MR) is 119 cm³/mol. The minimum atomic E-state index is -3.41. The number of Topliss-reactive ketones (excluding diaryl/α,β-unsaturated/α-hetero) is 1. The lowest BCUT2D eigenvalue weighted by molar-refractivity contribution is 0.0729. The fraction of sp³-hybridized carbons (Fsp3) is 0.478. The number of hydrogen-bond acceptors (Lipinski definition) is 5. The van der Waals surface area contributed by atoms with E-state index in [0.717, 1.165) is 48.1 Å². The average molecular weight is 444 g/mol. The maximum Gasteiger partial charge on any atom is 0.218 e. The first-order valence-electron chi connectivity index (χ1n) is 10.8. The summed E-state index contributed by atoms with van der Waals surface area (Å²) in [6, 6.07) is 5.70. The Labute approximate surface area is 183 Å². The molecule has 1 saturated heterocycles. The number of imidazole rings is 1. The van der Waals surface area contributed by atoms with Crippen LogP contribution < -0.4 is 0 Å². The third-order valence-corrected chi connectivity index (χ3v) is 7.69. The number of ether oxygens (including phenoxy) is 1. The molecule has 2 aromatic rings. The van der Waals surface area contributed by atoms with Gasteiger partial charge >= 0.3 is 0 Å². The van der Waals surface area contributed by atoms with E-state index in [1.54, 1.807) is 6.20 Å². The van der Waals surface area contributed by atoms with Crippen molar-refractivity contribution >= 4 is 21.4 Å². The Kier molecular flexibility index (Phi) is 6.69. The van der Waals surface area contributed by atoms with Crippen molar-refractivity contribution in [3.8, 4) is 0 Å². The number of nitrogens with zero attached hydrogens (tertiary/aromatic N) is 2. The van der Waals surface area contributed by atoms with Crippen LogP contribution in [0.25, 0.3) is 5.57 Å². The SMILES string of the molecule is Cc1cnc(C(=O)Cc2ccc(CS(=O)(=O)N3CCOCC3)cc2C2=CCCCC2)[nH]1. The number of allylic oxidation sites excluding steroid dienone is 2. The fourth-order valence-electron chi connectivity index (χ4n) is 4.19.